The molecule has 2 N–H and O–H groups in total. The predicted octanol–water partition coefficient (Wildman–Crippen LogP) is 1.03. The van der Waals surface area contributed by atoms with Gasteiger partial charge < -0.3 is 9.47 Å². The molecule has 10 nitrogen and oxygen atoms in total. The number of methoxy groups -OCH3 is 2. The zero-order chi connectivity index (χ0) is 21.7. The van der Waals surface area contributed by atoms with Crippen molar-refractivity contribution in [1.29, 1.82) is 5.41 Å². The summed E-state index contributed by atoms with van der Waals surface area (Å²) < 4.78 is 10.2. The number of ketones is 2. The number of amides is 2. The first kappa shape index (κ1) is 22.0. The van der Waals surface area contributed by atoms with Crippen LogP contribution in [0.5, 0.6) is 11.5 Å². The maximum Gasteiger partial charge on any atom is 0.279 e. The minimum absolute atomic E-state index is 0.0899. The molecule has 2 amide bonds. The molecule has 1 aromatic carbocycles. The van der Waals surface area contributed by atoms with Crippen LogP contribution in [0.1, 0.15) is 24.2 Å². The molecule has 29 heavy (non-hydrogen) atoms. The molecule has 0 saturated carbocycles. The van der Waals surface area contributed by atoms with Crippen LogP contribution in [0, 0.1) is 5.41 Å². The smallest absolute Gasteiger partial charge is 0.279 e. The SMILES string of the molecule is COc1ccc(C(=O)N=C2C(=N)N=C(SC(C(C)=O)C(C)=O)NC2=O)cc1OC. The van der Waals surface area contributed by atoms with Crippen LogP contribution in [0.25, 0.3) is 0 Å². The van der Waals surface area contributed by atoms with Gasteiger partial charge in [0.25, 0.3) is 11.8 Å². The summed E-state index contributed by atoms with van der Waals surface area (Å²) in [4.78, 5) is 55.3. The Kier molecular flexibility index (Phi) is 6.99. The Morgan fingerprint density at radius 2 is 1.76 bits per heavy atom. The fourth-order valence-corrected chi connectivity index (χ4v) is 3.16. The third kappa shape index (κ3) is 5.13. The van der Waals surface area contributed by atoms with Crippen molar-refractivity contribution in [3.8, 4) is 11.5 Å². The van der Waals surface area contributed by atoms with E-state index in [0.717, 1.165) is 11.8 Å². The summed E-state index contributed by atoms with van der Waals surface area (Å²) in [6.45, 7) is 2.48. The van der Waals surface area contributed by atoms with Gasteiger partial charge in [-0.1, -0.05) is 11.8 Å². The normalized spacial score (nSPS) is 15.1. The molecule has 1 heterocycles. The molecule has 1 aliphatic heterocycles. The number of hydrogen-bond acceptors (Lipinski definition) is 8. The van der Waals surface area contributed by atoms with Crippen LogP contribution in [0.2, 0.25) is 0 Å². The molecule has 11 heteroatoms. The maximum absolute atomic E-state index is 12.4. The lowest BCUT2D eigenvalue weighted by Gasteiger charge is -2.17. The first-order chi connectivity index (χ1) is 13.7. The van der Waals surface area contributed by atoms with Crippen molar-refractivity contribution < 1.29 is 28.7 Å². The van der Waals surface area contributed by atoms with Gasteiger partial charge in [-0.2, -0.15) is 4.99 Å². The Labute approximate surface area is 170 Å². The van der Waals surface area contributed by atoms with E-state index < -0.39 is 40.2 Å². The average molecular weight is 418 g/mol. The number of thioether (sulfide) groups is 1. The Hall–Kier alpha value is -3.34. The predicted molar refractivity (Wildman–Crippen MR) is 107 cm³/mol. The second kappa shape index (κ2) is 9.24. The van der Waals surface area contributed by atoms with Gasteiger partial charge in [-0.3, -0.25) is 29.9 Å². The highest BCUT2D eigenvalue weighted by atomic mass is 32.2. The minimum Gasteiger partial charge on any atom is -0.493 e. The molecule has 0 bridgehead atoms. The second-order valence-electron chi connectivity index (χ2n) is 5.77. The van der Waals surface area contributed by atoms with Gasteiger partial charge in [0.2, 0.25) is 0 Å². The lowest BCUT2D eigenvalue weighted by Crippen LogP contribution is -2.44. The number of Topliss-reactive ketones (excluding diaryl/α,β-unsaturated/α-hetero) is 2. The molecule has 0 aromatic heterocycles. The van der Waals surface area contributed by atoms with E-state index >= 15 is 0 Å². The van der Waals surface area contributed by atoms with Crippen LogP contribution in [-0.4, -0.2) is 59.6 Å². The van der Waals surface area contributed by atoms with Gasteiger partial charge in [0.15, 0.2) is 39.8 Å². The number of nitrogens with one attached hydrogen (secondary N) is 2. The maximum atomic E-state index is 12.4. The molecule has 1 aromatic rings. The summed E-state index contributed by atoms with van der Waals surface area (Å²) in [5.41, 5.74) is -0.371. The lowest BCUT2D eigenvalue weighted by molar-refractivity contribution is -0.124. The molecule has 152 valence electrons. The monoisotopic (exact) mass is 418 g/mol. The molecule has 0 aliphatic carbocycles. The van der Waals surface area contributed by atoms with Gasteiger partial charge in [0.1, 0.15) is 5.25 Å². The van der Waals surface area contributed by atoms with Gasteiger partial charge >= 0.3 is 0 Å². The van der Waals surface area contributed by atoms with Crippen molar-refractivity contribution in [2.24, 2.45) is 9.98 Å². The fraction of sp³-hybridized carbons (Fsp3) is 0.278. The van der Waals surface area contributed by atoms with E-state index in [0.29, 0.717) is 11.5 Å². The van der Waals surface area contributed by atoms with Crippen LogP contribution in [0.4, 0.5) is 0 Å². The van der Waals surface area contributed by atoms with Crippen LogP contribution >= 0.6 is 11.8 Å². The van der Waals surface area contributed by atoms with Crippen LogP contribution in [0.15, 0.2) is 28.2 Å². The first-order valence-corrected chi connectivity index (χ1v) is 9.07. The van der Waals surface area contributed by atoms with E-state index in [1.807, 2.05) is 0 Å². The van der Waals surface area contributed by atoms with Crippen molar-refractivity contribution in [2.75, 3.05) is 14.2 Å². The van der Waals surface area contributed by atoms with Gasteiger partial charge in [0, 0.05) is 5.56 Å². The summed E-state index contributed by atoms with van der Waals surface area (Å²) in [6.07, 6.45) is 0. The molecule has 1 aliphatic rings. The number of amidine groups is 2. The van der Waals surface area contributed by atoms with Crippen LogP contribution in [-0.2, 0) is 14.4 Å². The van der Waals surface area contributed by atoms with Gasteiger partial charge in [0.05, 0.1) is 14.2 Å². The zero-order valence-electron chi connectivity index (χ0n) is 16.1. The summed E-state index contributed by atoms with van der Waals surface area (Å²) >= 11 is 0.723. The van der Waals surface area contributed by atoms with E-state index in [4.69, 9.17) is 14.9 Å². The molecule has 0 saturated heterocycles. The van der Waals surface area contributed by atoms with E-state index in [-0.39, 0.29) is 10.7 Å². The fourth-order valence-electron chi connectivity index (χ4n) is 2.31. The quantitative estimate of drug-likeness (QED) is 0.656. The van der Waals surface area contributed by atoms with Crippen LogP contribution in [0.3, 0.4) is 0 Å². The summed E-state index contributed by atoms with van der Waals surface area (Å²) in [5.74, 6) is -2.28. The highest BCUT2D eigenvalue weighted by Gasteiger charge is 2.30. The highest BCUT2D eigenvalue weighted by molar-refractivity contribution is 8.15. The van der Waals surface area contributed by atoms with Crippen LogP contribution < -0.4 is 14.8 Å². The first-order valence-electron chi connectivity index (χ1n) is 8.19. The third-order valence-corrected chi connectivity index (χ3v) is 5.00. The number of ether oxygens (including phenoxy) is 2. The van der Waals surface area contributed by atoms with Gasteiger partial charge in [-0.25, -0.2) is 4.99 Å². The zero-order valence-corrected chi connectivity index (χ0v) is 16.9. The van der Waals surface area contributed by atoms with Crippen molar-refractivity contribution in [3.05, 3.63) is 23.8 Å². The van der Waals surface area contributed by atoms with Crippen molar-refractivity contribution in [1.82, 2.24) is 5.32 Å². The summed E-state index contributed by atoms with van der Waals surface area (Å²) in [5, 5.41) is 9.10. The van der Waals surface area contributed by atoms with E-state index in [1.54, 1.807) is 0 Å². The lowest BCUT2D eigenvalue weighted by atomic mass is 10.2. The van der Waals surface area contributed by atoms with E-state index in [9.17, 15) is 19.2 Å². The number of carbonyl (C=O) groups excluding carboxylic acids is 4. The van der Waals surface area contributed by atoms with Crippen molar-refractivity contribution >= 4 is 51.9 Å². The Morgan fingerprint density at radius 1 is 1.14 bits per heavy atom. The number of rotatable bonds is 6. The number of aliphatic imine (C=N–C) groups is 2. The van der Waals surface area contributed by atoms with E-state index in [2.05, 4.69) is 15.3 Å². The van der Waals surface area contributed by atoms with Crippen molar-refractivity contribution in [3.63, 3.8) is 0 Å². The summed E-state index contributed by atoms with van der Waals surface area (Å²) in [7, 11) is 2.86. The second-order valence-corrected chi connectivity index (χ2v) is 6.87. The number of hydrogen-bond donors (Lipinski definition) is 2. The van der Waals surface area contributed by atoms with E-state index in [1.165, 1.54) is 46.3 Å². The standard InChI is InChI=1S/C18H18N4O6S/c1-8(23)14(9(2)24)29-18-21-15(19)13(17(26)22-18)20-16(25)10-5-6-11(27-3)12(7-10)28-4/h5-7,14H,1-4H3,(H2,19,21,22,26). The van der Waals surface area contributed by atoms with Gasteiger partial charge in [-0.15, -0.1) is 0 Å². The Morgan fingerprint density at radius 3 is 2.28 bits per heavy atom. The highest BCUT2D eigenvalue weighted by Crippen LogP contribution is 2.27. The minimum atomic E-state index is -1.05. The molecule has 0 fully saturated rings. The third-order valence-electron chi connectivity index (χ3n) is 3.68. The average Bonchev–Trinajstić information content (AvgIpc) is 2.67. The molecule has 0 atom stereocenters. The molecule has 2 rings (SSSR count). The molecular weight excluding hydrogens is 400 g/mol. The number of benzene rings is 1. The Bertz CT molecular complexity index is 955. The molecular formula is C18H18N4O6S. The van der Waals surface area contributed by atoms with Gasteiger partial charge in [-0.05, 0) is 32.0 Å². The topological polar surface area (TPSA) is 147 Å². The summed E-state index contributed by atoms with van der Waals surface area (Å²) in [6, 6.07) is 4.34. The van der Waals surface area contributed by atoms with Crippen molar-refractivity contribution in [2.45, 2.75) is 19.1 Å². The molecule has 0 spiro atoms. The largest absolute Gasteiger partial charge is 0.493 e. The number of carbonyl (C=O) groups is 4. The molecule has 0 unspecified atom stereocenters. The Balaban J connectivity index is 2.27. The molecule has 0 radical (unpaired) electrons. The number of nitrogens with zero attached hydrogens (tertiary/aromatic N) is 2.